The molecule has 2 heteroatoms. The average Bonchev–Trinajstić information content (AvgIpc) is 2.77. The first kappa shape index (κ1) is 12.5. The van der Waals surface area contributed by atoms with E-state index in [4.69, 9.17) is 4.74 Å². The van der Waals surface area contributed by atoms with Gasteiger partial charge in [0.1, 0.15) is 5.75 Å². The summed E-state index contributed by atoms with van der Waals surface area (Å²) in [6.45, 7) is 2.25. The van der Waals surface area contributed by atoms with E-state index in [0.717, 1.165) is 25.0 Å². The number of allylic oxidation sites excluding steroid dienone is 3. The van der Waals surface area contributed by atoms with Gasteiger partial charge in [0.25, 0.3) is 0 Å². The molecule has 1 N–H and O–H groups in total. The highest BCUT2D eigenvalue weighted by Gasteiger charge is 2.41. The molecule has 0 heterocycles. The van der Waals surface area contributed by atoms with Crippen LogP contribution in [0.5, 0.6) is 5.75 Å². The highest BCUT2D eigenvalue weighted by atomic mass is 16.5. The highest BCUT2D eigenvalue weighted by Crippen LogP contribution is 2.53. The lowest BCUT2D eigenvalue weighted by atomic mass is 9.67. The van der Waals surface area contributed by atoms with Crippen LogP contribution in [-0.4, -0.2) is 18.3 Å². The fourth-order valence-electron chi connectivity index (χ4n) is 3.44. The zero-order valence-electron chi connectivity index (χ0n) is 11.5. The molecule has 2 aliphatic rings. The standard InChI is InChI=1S/C17H20O2/c1-17-11-3-4-16(18)15(17)10-9-14(17)12-5-7-13(19-2)8-6-12/h5-10,16,18H,3-4,11H2,1-2H3/t16-,17+/m0/s1. The van der Waals surface area contributed by atoms with Crippen LogP contribution in [0.2, 0.25) is 0 Å². The summed E-state index contributed by atoms with van der Waals surface area (Å²) in [5, 5.41) is 10.2. The van der Waals surface area contributed by atoms with Crippen molar-refractivity contribution in [1.82, 2.24) is 0 Å². The predicted octanol–water partition coefficient (Wildman–Crippen LogP) is 3.57. The number of benzene rings is 1. The van der Waals surface area contributed by atoms with Gasteiger partial charge in [-0.15, -0.1) is 0 Å². The van der Waals surface area contributed by atoms with Gasteiger partial charge in [-0.25, -0.2) is 0 Å². The minimum atomic E-state index is -0.272. The first-order valence-electron chi connectivity index (χ1n) is 6.90. The van der Waals surface area contributed by atoms with Crippen LogP contribution in [-0.2, 0) is 0 Å². The van der Waals surface area contributed by atoms with E-state index in [1.807, 2.05) is 12.1 Å². The Labute approximate surface area is 114 Å². The summed E-state index contributed by atoms with van der Waals surface area (Å²) in [5.41, 5.74) is 3.74. The molecule has 100 valence electrons. The largest absolute Gasteiger partial charge is 0.497 e. The van der Waals surface area contributed by atoms with Crippen LogP contribution in [0.1, 0.15) is 31.7 Å². The van der Waals surface area contributed by atoms with Crippen molar-refractivity contribution in [3.8, 4) is 5.75 Å². The Kier molecular flexibility index (Phi) is 2.98. The maximum Gasteiger partial charge on any atom is 0.118 e. The number of hydrogen-bond donors (Lipinski definition) is 1. The van der Waals surface area contributed by atoms with Crippen molar-refractivity contribution in [2.24, 2.45) is 5.41 Å². The number of methoxy groups -OCH3 is 1. The molecule has 1 aromatic carbocycles. The molecule has 0 saturated heterocycles. The maximum atomic E-state index is 10.2. The van der Waals surface area contributed by atoms with E-state index >= 15 is 0 Å². The topological polar surface area (TPSA) is 29.5 Å². The lowest BCUT2D eigenvalue weighted by molar-refractivity contribution is 0.149. The zero-order valence-corrected chi connectivity index (χ0v) is 11.5. The third-order valence-electron chi connectivity index (χ3n) is 4.58. The van der Waals surface area contributed by atoms with Crippen molar-refractivity contribution in [3.63, 3.8) is 0 Å². The van der Waals surface area contributed by atoms with Gasteiger partial charge in [-0.2, -0.15) is 0 Å². The highest BCUT2D eigenvalue weighted by molar-refractivity contribution is 5.78. The fourth-order valence-corrected chi connectivity index (χ4v) is 3.44. The Hall–Kier alpha value is -1.54. The van der Waals surface area contributed by atoms with Gasteiger partial charge in [-0.05, 0) is 48.1 Å². The second kappa shape index (κ2) is 4.53. The minimum Gasteiger partial charge on any atom is -0.497 e. The van der Waals surface area contributed by atoms with Crippen LogP contribution in [0.4, 0.5) is 0 Å². The van der Waals surface area contributed by atoms with Crippen LogP contribution >= 0.6 is 0 Å². The Morgan fingerprint density at radius 3 is 2.63 bits per heavy atom. The summed E-state index contributed by atoms with van der Waals surface area (Å²) >= 11 is 0. The summed E-state index contributed by atoms with van der Waals surface area (Å²) in [6, 6.07) is 8.20. The van der Waals surface area contributed by atoms with Gasteiger partial charge in [0.2, 0.25) is 0 Å². The third-order valence-corrected chi connectivity index (χ3v) is 4.58. The summed E-state index contributed by atoms with van der Waals surface area (Å²) in [4.78, 5) is 0. The van der Waals surface area contributed by atoms with Gasteiger partial charge < -0.3 is 9.84 Å². The van der Waals surface area contributed by atoms with Gasteiger partial charge >= 0.3 is 0 Å². The normalized spacial score (nSPS) is 29.5. The molecule has 2 atom stereocenters. The Morgan fingerprint density at radius 1 is 1.21 bits per heavy atom. The molecule has 1 fully saturated rings. The number of hydrogen-bond acceptors (Lipinski definition) is 2. The Balaban J connectivity index is 1.94. The van der Waals surface area contributed by atoms with Gasteiger partial charge in [-0.1, -0.05) is 31.2 Å². The molecule has 1 saturated carbocycles. The quantitative estimate of drug-likeness (QED) is 0.876. The summed E-state index contributed by atoms with van der Waals surface area (Å²) in [6.07, 6.45) is 7.11. The smallest absolute Gasteiger partial charge is 0.118 e. The lowest BCUT2D eigenvalue weighted by Gasteiger charge is -2.38. The molecule has 19 heavy (non-hydrogen) atoms. The molecule has 2 nitrogen and oxygen atoms in total. The number of aliphatic hydroxyl groups is 1. The summed E-state index contributed by atoms with van der Waals surface area (Å²) < 4.78 is 5.21. The van der Waals surface area contributed by atoms with Crippen LogP contribution in [0.25, 0.3) is 5.57 Å². The van der Waals surface area contributed by atoms with Crippen LogP contribution in [0, 0.1) is 5.41 Å². The van der Waals surface area contributed by atoms with Crippen molar-refractivity contribution in [1.29, 1.82) is 0 Å². The maximum absolute atomic E-state index is 10.2. The number of aliphatic hydroxyl groups excluding tert-OH is 1. The van der Waals surface area contributed by atoms with Crippen molar-refractivity contribution >= 4 is 5.57 Å². The second-order valence-electron chi connectivity index (χ2n) is 5.67. The van der Waals surface area contributed by atoms with Crippen LogP contribution in [0.15, 0.2) is 42.0 Å². The number of ether oxygens (including phenoxy) is 1. The first-order valence-corrected chi connectivity index (χ1v) is 6.90. The minimum absolute atomic E-state index is 0.00621. The third kappa shape index (κ3) is 1.91. The number of rotatable bonds is 2. The Morgan fingerprint density at radius 2 is 1.95 bits per heavy atom. The number of fused-ring (bicyclic) bond motifs is 1. The van der Waals surface area contributed by atoms with Gasteiger partial charge in [-0.3, -0.25) is 0 Å². The average molecular weight is 256 g/mol. The molecular weight excluding hydrogens is 236 g/mol. The molecule has 0 radical (unpaired) electrons. The second-order valence-corrected chi connectivity index (χ2v) is 5.67. The zero-order chi connectivity index (χ0) is 13.5. The van der Waals surface area contributed by atoms with Crippen LogP contribution in [0.3, 0.4) is 0 Å². The first-order chi connectivity index (χ1) is 9.15. The Bertz CT molecular complexity index is 539. The van der Waals surface area contributed by atoms with E-state index in [9.17, 15) is 5.11 Å². The van der Waals surface area contributed by atoms with E-state index < -0.39 is 0 Å². The van der Waals surface area contributed by atoms with E-state index in [1.165, 1.54) is 16.7 Å². The van der Waals surface area contributed by atoms with E-state index in [1.54, 1.807) is 7.11 Å². The molecule has 0 bridgehead atoms. The molecule has 0 amide bonds. The van der Waals surface area contributed by atoms with Crippen molar-refractivity contribution < 1.29 is 9.84 Å². The molecule has 0 spiro atoms. The molecule has 2 aliphatic carbocycles. The molecule has 1 aromatic rings. The molecule has 0 aliphatic heterocycles. The van der Waals surface area contributed by atoms with Crippen molar-refractivity contribution in [3.05, 3.63) is 47.6 Å². The van der Waals surface area contributed by atoms with Gasteiger partial charge in [0.05, 0.1) is 13.2 Å². The van der Waals surface area contributed by atoms with E-state index in [2.05, 4.69) is 31.2 Å². The van der Waals surface area contributed by atoms with Gasteiger partial charge in [0.15, 0.2) is 0 Å². The SMILES string of the molecule is COc1ccc(C2=CC=C3[C@@H](O)CCC[C@]23C)cc1. The van der Waals surface area contributed by atoms with Crippen molar-refractivity contribution in [2.45, 2.75) is 32.3 Å². The van der Waals surface area contributed by atoms with E-state index in [0.29, 0.717) is 0 Å². The lowest BCUT2D eigenvalue weighted by Crippen LogP contribution is -2.31. The van der Waals surface area contributed by atoms with E-state index in [-0.39, 0.29) is 11.5 Å². The van der Waals surface area contributed by atoms with Gasteiger partial charge in [0, 0.05) is 5.41 Å². The molecule has 0 aromatic heterocycles. The molecule has 0 unspecified atom stereocenters. The summed E-state index contributed by atoms with van der Waals surface area (Å²) in [7, 11) is 1.68. The molecule has 3 rings (SSSR count). The fraction of sp³-hybridized carbons (Fsp3) is 0.412. The van der Waals surface area contributed by atoms with Crippen LogP contribution < -0.4 is 4.74 Å². The summed E-state index contributed by atoms with van der Waals surface area (Å²) in [5.74, 6) is 0.879. The predicted molar refractivity (Wildman–Crippen MR) is 77.0 cm³/mol. The monoisotopic (exact) mass is 256 g/mol. The molecular formula is C17H20O2. The van der Waals surface area contributed by atoms with Crippen molar-refractivity contribution in [2.75, 3.05) is 7.11 Å².